The van der Waals surface area contributed by atoms with Crippen LogP contribution in [0.2, 0.25) is 0 Å². The third-order valence-electron chi connectivity index (χ3n) is 1.64. The minimum absolute atomic E-state index is 0.314. The van der Waals surface area contributed by atoms with Crippen molar-refractivity contribution in [3.63, 3.8) is 0 Å². The number of ether oxygens (including phenoxy) is 1. The molecule has 0 saturated heterocycles. The monoisotopic (exact) mass is 190 g/mol. The Kier molecular flexibility index (Phi) is 2.73. The van der Waals surface area contributed by atoms with Crippen LogP contribution >= 0.6 is 0 Å². The third-order valence-corrected chi connectivity index (χ3v) is 1.64. The summed E-state index contributed by atoms with van der Waals surface area (Å²) in [5.41, 5.74) is -0.0687. The first-order valence-corrected chi connectivity index (χ1v) is 3.94. The molecule has 0 aliphatic carbocycles. The fraction of sp³-hybridized carbons (Fsp3) is 0.200. The number of hydrogen-bond acceptors (Lipinski definition) is 4. The Balaban J connectivity index is 3.26. The highest BCUT2D eigenvalue weighted by Gasteiger charge is 2.09. The van der Waals surface area contributed by atoms with E-state index in [-0.39, 0.29) is 5.57 Å². The molecule has 1 heterocycles. The van der Waals surface area contributed by atoms with Crippen LogP contribution in [0.15, 0.2) is 34.8 Å². The fourth-order valence-electron chi connectivity index (χ4n) is 1.16. The summed E-state index contributed by atoms with van der Waals surface area (Å²) in [7, 11) is 0. The third kappa shape index (κ3) is 2.02. The Bertz CT molecular complexity index is 388. The number of nitriles is 1. The Morgan fingerprint density at radius 3 is 2.29 bits per heavy atom. The molecule has 14 heavy (non-hydrogen) atoms. The lowest BCUT2D eigenvalue weighted by Gasteiger charge is -2.13. The highest BCUT2D eigenvalue weighted by molar-refractivity contribution is 5.91. The summed E-state index contributed by atoms with van der Waals surface area (Å²) in [6, 6.07) is 1.59. The Labute approximate surface area is 81.4 Å². The van der Waals surface area contributed by atoms with Crippen LogP contribution in [0.4, 0.5) is 0 Å². The number of carbonyl (C=O) groups is 1. The largest absolute Gasteiger partial charge is 0.544 e. The van der Waals surface area contributed by atoms with Gasteiger partial charge in [-0.3, -0.25) is 0 Å². The Morgan fingerprint density at radius 2 is 1.93 bits per heavy atom. The molecule has 0 radical (unpaired) electrons. The molecule has 4 heteroatoms. The van der Waals surface area contributed by atoms with Crippen molar-refractivity contribution in [2.45, 2.75) is 13.8 Å². The summed E-state index contributed by atoms with van der Waals surface area (Å²) >= 11 is 0. The second kappa shape index (κ2) is 3.79. The van der Waals surface area contributed by atoms with E-state index in [1.807, 2.05) is 0 Å². The van der Waals surface area contributed by atoms with Gasteiger partial charge >= 0.3 is 0 Å². The molecule has 0 atom stereocenters. The van der Waals surface area contributed by atoms with Crippen LogP contribution in [0.25, 0.3) is 0 Å². The second-order valence-electron chi connectivity index (χ2n) is 2.84. The van der Waals surface area contributed by atoms with Crippen molar-refractivity contribution in [1.29, 1.82) is 5.26 Å². The molecule has 1 aliphatic rings. The van der Waals surface area contributed by atoms with Crippen molar-refractivity contribution in [3.8, 4) is 6.07 Å². The SMILES string of the molecule is CC1=CC(=C(C#N)C(=O)[O-])C=C(C)O1. The normalized spacial score (nSPS) is 14.8. The van der Waals surface area contributed by atoms with Gasteiger partial charge in [0.15, 0.2) is 0 Å². The number of rotatable bonds is 1. The van der Waals surface area contributed by atoms with E-state index in [0.29, 0.717) is 17.1 Å². The molecular weight excluding hydrogens is 182 g/mol. The molecule has 0 spiro atoms. The quantitative estimate of drug-likeness (QED) is 0.443. The van der Waals surface area contributed by atoms with Gasteiger partial charge in [-0.05, 0) is 26.0 Å². The van der Waals surface area contributed by atoms with Crippen molar-refractivity contribution in [2.24, 2.45) is 0 Å². The molecular formula is C10H8NO3-. The maximum absolute atomic E-state index is 10.6. The molecule has 4 nitrogen and oxygen atoms in total. The molecule has 0 N–H and O–H groups in total. The van der Waals surface area contributed by atoms with Gasteiger partial charge in [-0.2, -0.15) is 5.26 Å². The first-order valence-electron chi connectivity index (χ1n) is 3.94. The van der Waals surface area contributed by atoms with Crippen LogP contribution in [0.3, 0.4) is 0 Å². The van der Waals surface area contributed by atoms with Crippen molar-refractivity contribution in [3.05, 3.63) is 34.8 Å². The molecule has 0 unspecified atom stereocenters. The lowest BCUT2D eigenvalue weighted by atomic mass is 10.1. The van der Waals surface area contributed by atoms with Crippen molar-refractivity contribution in [2.75, 3.05) is 0 Å². The number of hydrogen-bond donors (Lipinski definition) is 0. The predicted molar refractivity (Wildman–Crippen MR) is 46.2 cm³/mol. The van der Waals surface area contributed by atoms with E-state index in [0.717, 1.165) is 0 Å². The van der Waals surface area contributed by atoms with Crippen LogP contribution in [-0.4, -0.2) is 5.97 Å². The zero-order chi connectivity index (χ0) is 10.7. The fourth-order valence-corrected chi connectivity index (χ4v) is 1.16. The molecule has 0 amide bonds. The van der Waals surface area contributed by atoms with E-state index in [1.165, 1.54) is 12.2 Å². The summed E-state index contributed by atoms with van der Waals surface area (Å²) in [6.45, 7) is 3.36. The molecule has 1 aliphatic heterocycles. The lowest BCUT2D eigenvalue weighted by Crippen LogP contribution is -2.24. The number of allylic oxidation sites excluding steroid dienone is 5. The minimum Gasteiger partial charge on any atom is -0.544 e. The molecule has 72 valence electrons. The molecule has 1 rings (SSSR count). The summed E-state index contributed by atoms with van der Waals surface area (Å²) in [6.07, 6.45) is 2.97. The van der Waals surface area contributed by atoms with E-state index >= 15 is 0 Å². The summed E-state index contributed by atoms with van der Waals surface area (Å²) in [5.74, 6) is -0.375. The van der Waals surface area contributed by atoms with Gasteiger partial charge in [-0.15, -0.1) is 0 Å². The second-order valence-corrected chi connectivity index (χ2v) is 2.84. The zero-order valence-electron chi connectivity index (χ0n) is 7.83. The summed E-state index contributed by atoms with van der Waals surface area (Å²) in [4.78, 5) is 10.6. The number of carboxylic acids is 1. The van der Waals surface area contributed by atoms with E-state index < -0.39 is 5.97 Å². The topological polar surface area (TPSA) is 73.2 Å². The van der Waals surface area contributed by atoms with Crippen LogP contribution < -0.4 is 5.11 Å². The van der Waals surface area contributed by atoms with Gasteiger partial charge in [0.2, 0.25) is 0 Å². The van der Waals surface area contributed by atoms with E-state index in [9.17, 15) is 9.90 Å². The van der Waals surface area contributed by atoms with Gasteiger partial charge in [-0.1, -0.05) is 0 Å². The van der Waals surface area contributed by atoms with Gasteiger partial charge in [0.1, 0.15) is 17.6 Å². The average molecular weight is 190 g/mol. The Hall–Kier alpha value is -2.02. The minimum atomic E-state index is -1.47. The molecule has 0 aromatic rings. The van der Waals surface area contributed by atoms with E-state index in [4.69, 9.17) is 10.00 Å². The lowest BCUT2D eigenvalue weighted by molar-refractivity contribution is -0.298. The first-order chi connectivity index (χ1) is 6.54. The predicted octanol–water partition coefficient (Wildman–Crippen LogP) is 0.394. The highest BCUT2D eigenvalue weighted by atomic mass is 16.5. The van der Waals surface area contributed by atoms with Crippen LogP contribution in [0.5, 0.6) is 0 Å². The van der Waals surface area contributed by atoms with Crippen LogP contribution in [-0.2, 0) is 9.53 Å². The van der Waals surface area contributed by atoms with Crippen molar-refractivity contribution >= 4 is 5.97 Å². The van der Waals surface area contributed by atoms with E-state index in [1.54, 1.807) is 19.9 Å². The first kappa shape index (κ1) is 10.1. The van der Waals surface area contributed by atoms with Crippen LogP contribution in [0.1, 0.15) is 13.8 Å². The molecule has 0 bridgehead atoms. The van der Waals surface area contributed by atoms with Gasteiger partial charge in [0.05, 0.1) is 11.5 Å². The number of carboxylic acid groups (broad SMARTS) is 1. The molecule has 0 saturated carbocycles. The summed E-state index contributed by atoms with van der Waals surface area (Å²) in [5, 5.41) is 19.1. The van der Waals surface area contributed by atoms with Gasteiger partial charge in [-0.25, -0.2) is 0 Å². The maximum Gasteiger partial charge on any atom is 0.102 e. The van der Waals surface area contributed by atoms with Crippen LogP contribution in [0, 0.1) is 11.3 Å². The van der Waals surface area contributed by atoms with Crippen molar-refractivity contribution < 1.29 is 14.6 Å². The van der Waals surface area contributed by atoms with Gasteiger partial charge < -0.3 is 14.6 Å². The van der Waals surface area contributed by atoms with E-state index in [2.05, 4.69) is 0 Å². The van der Waals surface area contributed by atoms with Crippen molar-refractivity contribution in [1.82, 2.24) is 0 Å². The average Bonchev–Trinajstić information content (AvgIpc) is 2.02. The summed E-state index contributed by atoms with van der Waals surface area (Å²) < 4.78 is 5.16. The zero-order valence-corrected chi connectivity index (χ0v) is 7.83. The van der Waals surface area contributed by atoms with Gasteiger partial charge in [0.25, 0.3) is 0 Å². The number of nitrogens with zero attached hydrogens (tertiary/aromatic N) is 1. The smallest absolute Gasteiger partial charge is 0.102 e. The van der Waals surface area contributed by atoms with Gasteiger partial charge in [0, 0.05) is 5.57 Å². The standard InChI is InChI=1S/C10H9NO3/c1-6-3-8(4-7(2)14-6)9(5-11)10(12)13/h3-4H,1-2H3,(H,12,13)/p-1. The maximum atomic E-state index is 10.6. The molecule has 0 fully saturated rings. The molecule has 0 aromatic heterocycles. The molecule has 0 aromatic carbocycles. The number of carbonyl (C=O) groups excluding carboxylic acids is 1. The number of aliphatic carboxylic acids is 1. The highest BCUT2D eigenvalue weighted by Crippen LogP contribution is 2.20. The Morgan fingerprint density at radius 1 is 1.43 bits per heavy atom.